The molecule has 0 amide bonds. The molecule has 176 valence electrons. The van der Waals surface area contributed by atoms with Gasteiger partial charge in [0.25, 0.3) is 0 Å². The smallest absolute Gasteiger partial charge is 0.310 e. The Morgan fingerprint density at radius 2 is 1.97 bits per heavy atom. The molecule has 4 N–H and O–H groups in total. The lowest BCUT2D eigenvalue weighted by Gasteiger charge is -2.34. The molecule has 0 radical (unpaired) electrons. The fourth-order valence-electron chi connectivity index (χ4n) is 4.28. The van der Waals surface area contributed by atoms with Gasteiger partial charge in [0.05, 0.1) is 40.6 Å². The van der Waals surface area contributed by atoms with E-state index < -0.39 is 17.5 Å². The van der Waals surface area contributed by atoms with Gasteiger partial charge < -0.3 is 25.6 Å². The third-order valence-electron chi connectivity index (χ3n) is 5.90. The number of aliphatic hydroxyl groups is 1. The molecule has 1 fully saturated rings. The summed E-state index contributed by atoms with van der Waals surface area (Å²) in [6.07, 6.45) is 2.65. The number of nitriles is 1. The summed E-state index contributed by atoms with van der Waals surface area (Å²) in [7, 11) is 0. The summed E-state index contributed by atoms with van der Waals surface area (Å²) in [6, 6.07) is 15.1. The molecule has 33 heavy (non-hydrogen) atoms. The SMILES string of the molecule is CCC(C(=O)O)c1ccc(NC2CCOC(CC(C)(C)O)C2)c(Nc2ccc(C#N)cc2)c1. The Morgan fingerprint density at radius 3 is 2.58 bits per heavy atom. The molecular weight excluding hydrogens is 418 g/mol. The minimum Gasteiger partial charge on any atom is -0.481 e. The van der Waals surface area contributed by atoms with Crippen molar-refractivity contribution in [2.75, 3.05) is 17.2 Å². The summed E-state index contributed by atoms with van der Waals surface area (Å²) in [5, 5.41) is 35.8. The number of hydrogen-bond acceptors (Lipinski definition) is 6. The van der Waals surface area contributed by atoms with E-state index >= 15 is 0 Å². The normalized spacial score (nSPS) is 19.4. The van der Waals surface area contributed by atoms with Crippen molar-refractivity contribution in [3.05, 3.63) is 53.6 Å². The second-order valence-corrected chi connectivity index (χ2v) is 9.29. The Morgan fingerprint density at radius 1 is 1.24 bits per heavy atom. The Bertz CT molecular complexity index is 992. The summed E-state index contributed by atoms with van der Waals surface area (Å²) in [5.74, 6) is -1.43. The average Bonchev–Trinajstić information content (AvgIpc) is 2.75. The van der Waals surface area contributed by atoms with Crippen molar-refractivity contribution in [3.8, 4) is 6.07 Å². The second kappa shape index (κ2) is 10.7. The van der Waals surface area contributed by atoms with Crippen LogP contribution in [0.5, 0.6) is 0 Å². The summed E-state index contributed by atoms with van der Waals surface area (Å²) in [5.41, 5.74) is 2.98. The van der Waals surface area contributed by atoms with Crippen LogP contribution in [0.3, 0.4) is 0 Å². The van der Waals surface area contributed by atoms with E-state index in [2.05, 4.69) is 16.7 Å². The molecule has 0 spiro atoms. The number of hydrogen-bond donors (Lipinski definition) is 4. The average molecular weight is 452 g/mol. The van der Waals surface area contributed by atoms with Crippen LogP contribution < -0.4 is 10.6 Å². The van der Waals surface area contributed by atoms with Crippen LogP contribution in [-0.2, 0) is 9.53 Å². The number of nitrogens with one attached hydrogen (secondary N) is 2. The fourth-order valence-corrected chi connectivity index (χ4v) is 4.28. The summed E-state index contributed by atoms with van der Waals surface area (Å²) in [6.45, 7) is 6.06. The Labute approximate surface area is 195 Å². The van der Waals surface area contributed by atoms with Gasteiger partial charge in [-0.15, -0.1) is 0 Å². The highest BCUT2D eigenvalue weighted by atomic mass is 16.5. The third kappa shape index (κ3) is 6.95. The van der Waals surface area contributed by atoms with E-state index in [1.54, 1.807) is 26.0 Å². The summed E-state index contributed by atoms with van der Waals surface area (Å²) in [4.78, 5) is 11.7. The first-order valence-corrected chi connectivity index (χ1v) is 11.4. The van der Waals surface area contributed by atoms with Crippen LogP contribution in [0.4, 0.5) is 17.1 Å². The molecule has 0 saturated carbocycles. The first-order chi connectivity index (χ1) is 15.7. The molecule has 1 aliphatic heterocycles. The second-order valence-electron chi connectivity index (χ2n) is 9.29. The van der Waals surface area contributed by atoms with E-state index in [1.165, 1.54) is 0 Å². The molecule has 2 aromatic carbocycles. The van der Waals surface area contributed by atoms with E-state index in [-0.39, 0.29) is 12.1 Å². The number of benzene rings is 2. The highest BCUT2D eigenvalue weighted by Gasteiger charge is 2.28. The lowest BCUT2D eigenvalue weighted by molar-refractivity contribution is -0.138. The first kappa shape index (κ1) is 24.6. The monoisotopic (exact) mass is 451 g/mol. The van der Waals surface area contributed by atoms with E-state index in [1.807, 2.05) is 37.3 Å². The van der Waals surface area contributed by atoms with Crippen molar-refractivity contribution in [1.82, 2.24) is 0 Å². The number of rotatable bonds is 9. The van der Waals surface area contributed by atoms with Crippen molar-refractivity contribution in [2.45, 2.75) is 70.1 Å². The lowest BCUT2D eigenvalue weighted by Crippen LogP contribution is -2.38. The molecule has 3 atom stereocenters. The van der Waals surface area contributed by atoms with Gasteiger partial charge in [-0.1, -0.05) is 13.0 Å². The van der Waals surface area contributed by atoms with Crippen molar-refractivity contribution < 1.29 is 19.7 Å². The maximum Gasteiger partial charge on any atom is 0.310 e. The highest BCUT2D eigenvalue weighted by Crippen LogP contribution is 2.33. The number of aliphatic carboxylic acids is 1. The number of anilines is 3. The van der Waals surface area contributed by atoms with Gasteiger partial charge in [-0.3, -0.25) is 4.79 Å². The minimum atomic E-state index is -0.846. The molecule has 3 unspecified atom stereocenters. The molecule has 0 aliphatic carbocycles. The maximum atomic E-state index is 11.7. The van der Waals surface area contributed by atoms with Gasteiger partial charge in [-0.2, -0.15) is 5.26 Å². The molecule has 7 heteroatoms. The Hall–Kier alpha value is -3.08. The third-order valence-corrected chi connectivity index (χ3v) is 5.90. The predicted octanol–water partition coefficient (Wildman–Crippen LogP) is 5.00. The Kier molecular flexibility index (Phi) is 7.96. The highest BCUT2D eigenvalue weighted by molar-refractivity contribution is 5.80. The van der Waals surface area contributed by atoms with E-state index in [0.29, 0.717) is 25.0 Å². The van der Waals surface area contributed by atoms with Crippen LogP contribution in [0.15, 0.2) is 42.5 Å². The van der Waals surface area contributed by atoms with Crippen molar-refractivity contribution in [2.24, 2.45) is 0 Å². The molecular formula is C26H33N3O4. The zero-order valence-electron chi connectivity index (χ0n) is 19.5. The van der Waals surface area contributed by atoms with Gasteiger partial charge in [0.1, 0.15) is 0 Å². The van der Waals surface area contributed by atoms with Gasteiger partial charge in [-0.05, 0) is 75.1 Å². The summed E-state index contributed by atoms with van der Waals surface area (Å²) < 4.78 is 5.85. The van der Waals surface area contributed by atoms with Crippen molar-refractivity contribution in [3.63, 3.8) is 0 Å². The molecule has 7 nitrogen and oxygen atoms in total. The lowest BCUT2D eigenvalue weighted by atomic mass is 9.93. The molecule has 2 aromatic rings. The minimum absolute atomic E-state index is 0.0260. The molecule has 3 rings (SSSR count). The quantitative estimate of drug-likeness (QED) is 0.424. The van der Waals surface area contributed by atoms with Crippen LogP contribution in [0.25, 0.3) is 0 Å². The van der Waals surface area contributed by atoms with E-state index in [4.69, 9.17) is 10.00 Å². The predicted molar refractivity (Wildman–Crippen MR) is 129 cm³/mol. The van der Waals surface area contributed by atoms with Crippen LogP contribution in [0, 0.1) is 11.3 Å². The standard InChI is InChI=1S/C26H33N3O4/c1-4-22(25(30)31)18-7-10-23(24(13-18)28-19-8-5-17(16-27)6-9-19)29-20-11-12-33-21(14-20)15-26(2,3)32/h5-10,13,20-22,28-29,32H,4,11-12,14-15H2,1-3H3,(H,30,31). The maximum absolute atomic E-state index is 11.7. The number of carboxylic acid groups (broad SMARTS) is 1. The van der Waals surface area contributed by atoms with Crippen LogP contribution in [-0.4, -0.2) is 40.5 Å². The van der Waals surface area contributed by atoms with Crippen molar-refractivity contribution in [1.29, 1.82) is 5.26 Å². The molecule has 0 aromatic heterocycles. The number of carboxylic acids is 1. The van der Waals surface area contributed by atoms with Gasteiger partial charge in [0.15, 0.2) is 0 Å². The van der Waals surface area contributed by atoms with Gasteiger partial charge >= 0.3 is 5.97 Å². The van der Waals surface area contributed by atoms with Gasteiger partial charge in [0.2, 0.25) is 0 Å². The zero-order chi connectivity index (χ0) is 24.0. The van der Waals surface area contributed by atoms with Crippen LogP contribution >= 0.6 is 0 Å². The van der Waals surface area contributed by atoms with Crippen molar-refractivity contribution >= 4 is 23.0 Å². The van der Waals surface area contributed by atoms with Gasteiger partial charge in [-0.25, -0.2) is 0 Å². The first-order valence-electron chi connectivity index (χ1n) is 11.4. The van der Waals surface area contributed by atoms with E-state index in [9.17, 15) is 15.0 Å². The van der Waals surface area contributed by atoms with Gasteiger partial charge in [0, 0.05) is 24.8 Å². The zero-order valence-corrected chi connectivity index (χ0v) is 19.5. The fraction of sp³-hybridized carbons (Fsp3) is 0.462. The number of nitrogens with zero attached hydrogens (tertiary/aromatic N) is 1. The number of carbonyl (C=O) groups is 1. The van der Waals surface area contributed by atoms with Crippen LogP contribution in [0.2, 0.25) is 0 Å². The summed E-state index contributed by atoms with van der Waals surface area (Å²) >= 11 is 0. The number of ether oxygens (including phenoxy) is 1. The van der Waals surface area contributed by atoms with E-state index in [0.717, 1.165) is 35.5 Å². The molecule has 1 saturated heterocycles. The Balaban J connectivity index is 1.85. The largest absolute Gasteiger partial charge is 0.481 e. The topological polar surface area (TPSA) is 115 Å². The molecule has 0 bridgehead atoms. The molecule has 1 heterocycles. The molecule has 1 aliphatic rings. The van der Waals surface area contributed by atoms with Crippen LogP contribution in [0.1, 0.15) is 63.5 Å².